The third-order valence-corrected chi connectivity index (χ3v) is 2.66. The van der Waals surface area contributed by atoms with E-state index in [1.807, 2.05) is 0 Å². The van der Waals surface area contributed by atoms with Gasteiger partial charge in [-0.1, -0.05) is 0 Å². The van der Waals surface area contributed by atoms with Gasteiger partial charge in [0.05, 0.1) is 18.1 Å². The van der Waals surface area contributed by atoms with Crippen molar-refractivity contribution >= 4 is 23.2 Å². The number of aryl methyl sites for hydroxylation is 1. The van der Waals surface area contributed by atoms with Crippen LogP contribution in [0.1, 0.15) is 16.8 Å². The van der Waals surface area contributed by atoms with Crippen LogP contribution in [-0.4, -0.2) is 25.7 Å². The van der Waals surface area contributed by atoms with Gasteiger partial charge in [0.1, 0.15) is 5.75 Å². The molecule has 2 N–H and O–H groups in total. The van der Waals surface area contributed by atoms with Crippen molar-refractivity contribution in [1.29, 1.82) is 0 Å². The summed E-state index contributed by atoms with van der Waals surface area (Å²) >= 11 is 0. The van der Waals surface area contributed by atoms with Crippen molar-refractivity contribution in [1.82, 2.24) is 4.98 Å². The molecule has 0 spiro atoms. The summed E-state index contributed by atoms with van der Waals surface area (Å²) in [5.41, 5.74) is 1.53. The zero-order chi connectivity index (χ0) is 10.7. The summed E-state index contributed by atoms with van der Waals surface area (Å²) in [5, 5.41) is 18.6. The topological polar surface area (TPSA) is 70.4 Å². The highest BCUT2D eigenvalue weighted by Gasteiger charge is 2.11. The Bertz CT molecular complexity index is 371. The number of aromatic hydroxyl groups is 1. The summed E-state index contributed by atoms with van der Waals surface area (Å²) in [6.45, 7) is 1.39. The van der Waals surface area contributed by atoms with E-state index in [0.29, 0.717) is 22.6 Å². The Kier molecular flexibility index (Phi) is 5.79. The molecule has 0 aliphatic rings. The Hall–Kier alpha value is -0.650. The van der Waals surface area contributed by atoms with E-state index in [9.17, 15) is 9.32 Å². The van der Waals surface area contributed by atoms with Gasteiger partial charge in [-0.2, -0.15) is 0 Å². The second kappa shape index (κ2) is 6.05. The van der Waals surface area contributed by atoms with Gasteiger partial charge in [0.15, 0.2) is 0 Å². The normalized spacial score (nSPS) is 11.9. The monoisotopic (exact) mass is 251 g/mol. The van der Waals surface area contributed by atoms with Gasteiger partial charge >= 0.3 is 0 Å². The van der Waals surface area contributed by atoms with Gasteiger partial charge in [-0.05, 0) is 12.5 Å². The van der Waals surface area contributed by atoms with E-state index in [0.717, 1.165) is 0 Å². The Morgan fingerprint density at radius 2 is 2.13 bits per heavy atom. The van der Waals surface area contributed by atoms with Crippen LogP contribution in [0.3, 0.4) is 0 Å². The van der Waals surface area contributed by atoms with Crippen LogP contribution in [0.4, 0.5) is 0 Å². The van der Waals surface area contributed by atoms with E-state index in [4.69, 9.17) is 5.11 Å². The second-order valence-corrected chi connectivity index (χ2v) is 4.51. The molecule has 1 unspecified atom stereocenters. The number of aliphatic hydroxyl groups excluding tert-OH is 1. The van der Waals surface area contributed by atoms with E-state index in [-0.39, 0.29) is 24.8 Å². The fraction of sp³-hybridized carbons (Fsp3) is 0.444. The summed E-state index contributed by atoms with van der Waals surface area (Å²) in [7, 11) is -1.01. The van der Waals surface area contributed by atoms with Crippen molar-refractivity contribution in [3.8, 4) is 5.75 Å². The fourth-order valence-electron chi connectivity index (χ4n) is 1.20. The Morgan fingerprint density at radius 3 is 2.60 bits per heavy atom. The maximum atomic E-state index is 11.0. The average Bonchev–Trinajstić information content (AvgIpc) is 2.11. The summed E-state index contributed by atoms with van der Waals surface area (Å²) in [5.74, 6) is 0.298. The highest BCUT2D eigenvalue weighted by molar-refractivity contribution is 7.83. The lowest BCUT2D eigenvalue weighted by atomic mass is 10.1. The molecule has 0 aliphatic carbocycles. The third kappa shape index (κ3) is 3.44. The van der Waals surface area contributed by atoms with Crippen LogP contribution in [0.5, 0.6) is 5.75 Å². The molecule has 6 heteroatoms. The van der Waals surface area contributed by atoms with Crippen LogP contribution in [0.25, 0.3) is 0 Å². The first-order valence-electron chi connectivity index (χ1n) is 4.13. The van der Waals surface area contributed by atoms with Gasteiger partial charge in [-0.3, -0.25) is 9.19 Å². The van der Waals surface area contributed by atoms with Crippen molar-refractivity contribution in [3.05, 3.63) is 23.0 Å². The van der Waals surface area contributed by atoms with Gasteiger partial charge in [0.25, 0.3) is 0 Å². The van der Waals surface area contributed by atoms with Gasteiger partial charge in [-0.15, -0.1) is 12.4 Å². The largest absolute Gasteiger partial charge is 0.506 e. The highest BCUT2D eigenvalue weighted by Crippen LogP contribution is 2.24. The second-order valence-electron chi connectivity index (χ2n) is 3.07. The molecule has 0 radical (unpaired) electrons. The molecule has 1 aromatic rings. The summed E-state index contributed by atoms with van der Waals surface area (Å²) in [6.07, 6.45) is 3.11. The molecule has 86 valence electrons. The molecule has 0 amide bonds. The van der Waals surface area contributed by atoms with E-state index in [1.54, 1.807) is 19.4 Å². The molecule has 0 saturated carbocycles. The first-order valence-corrected chi connectivity index (χ1v) is 5.86. The zero-order valence-electron chi connectivity index (χ0n) is 8.56. The minimum atomic E-state index is -1.01. The molecule has 15 heavy (non-hydrogen) atoms. The number of aromatic nitrogens is 1. The van der Waals surface area contributed by atoms with Crippen LogP contribution in [0.15, 0.2) is 6.20 Å². The molecule has 4 nitrogen and oxygen atoms in total. The Labute approximate surface area is 97.2 Å². The first kappa shape index (κ1) is 14.3. The van der Waals surface area contributed by atoms with Crippen molar-refractivity contribution in [2.75, 3.05) is 6.26 Å². The van der Waals surface area contributed by atoms with Crippen LogP contribution < -0.4 is 0 Å². The molecule has 0 fully saturated rings. The van der Waals surface area contributed by atoms with Crippen LogP contribution in [0, 0.1) is 6.92 Å². The van der Waals surface area contributed by atoms with E-state index in [1.165, 1.54) is 0 Å². The van der Waals surface area contributed by atoms with Gasteiger partial charge in [0.2, 0.25) is 0 Å². The number of halogens is 1. The smallest absolute Gasteiger partial charge is 0.142 e. The average molecular weight is 252 g/mol. The van der Waals surface area contributed by atoms with Crippen molar-refractivity contribution in [2.24, 2.45) is 0 Å². The quantitative estimate of drug-likeness (QED) is 0.837. The van der Waals surface area contributed by atoms with Gasteiger partial charge < -0.3 is 10.2 Å². The zero-order valence-corrected chi connectivity index (χ0v) is 10.2. The predicted molar refractivity (Wildman–Crippen MR) is 61.6 cm³/mol. The number of hydrogen-bond acceptors (Lipinski definition) is 4. The minimum Gasteiger partial charge on any atom is -0.506 e. The molecule has 0 aliphatic heterocycles. The third-order valence-electron chi connectivity index (χ3n) is 1.95. The summed E-state index contributed by atoms with van der Waals surface area (Å²) in [6, 6.07) is 0. The van der Waals surface area contributed by atoms with Gasteiger partial charge in [0, 0.05) is 28.8 Å². The van der Waals surface area contributed by atoms with Crippen LogP contribution in [-0.2, 0) is 23.2 Å². The highest BCUT2D eigenvalue weighted by atomic mass is 35.5. The fourth-order valence-corrected chi connectivity index (χ4v) is 1.89. The predicted octanol–water partition coefficient (Wildman–Crippen LogP) is 0.888. The van der Waals surface area contributed by atoms with E-state index >= 15 is 0 Å². The van der Waals surface area contributed by atoms with Crippen molar-refractivity contribution in [3.63, 3.8) is 0 Å². The molecule has 1 rings (SSSR count). The number of nitrogens with zero attached hydrogens (tertiary/aromatic N) is 1. The lowest BCUT2D eigenvalue weighted by Gasteiger charge is -2.09. The SMILES string of the molecule is Cc1ncc(CS(C)=O)c(CO)c1O.Cl. The van der Waals surface area contributed by atoms with Crippen LogP contribution >= 0.6 is 12.4 Å². The first-order chi connectivity index (χ1) is 6.56. The maximum absolute atomic E-state index is 11.0. The van der Waals surface area contributed by atoms with E-state index < -0.39 is 10.8 Å². The molecular weight excluding hydrogens is 238 g/mol. The molecule has 1 heterocycles. The van der Waals surface area contributed by atoms with Crippen molar-refractivity contribution in [2.45, 2.75) is 19.3 Å². The number of rotatable bonds is 3. The number of pyridine rings is 1. The lowest BCUT2D eigenvalue weighted by Crippen LogP contribution is -2.01. The molecule has 1 aromatic heterocycles. The van der Waals surface area contributed by atoms with Crippen LogP contribution in [0.2, 0.25) is 0 Å². The molecule has 0 saturated heterocycles. The van der Waals surface area contributed by atoms with Gasteiger partial charge in [-0.25, -0.2) is 0 Å². The summed E-state index contributed by atoms with van der Waals surface area (Å²) in [4.78, 5) is 3.94. The lowest BCUT2D eigenvalue weighted by molar-refractivity contribution is 0.274. The van der Waals surface area contributed by atoms with E-state index in [2.05, 4.69) is 4.98 Å². The number of aliphatic hydroxyl groups is 1. The number of hydrogen-bond donors (Lipinski definition) is 2. The maximum Gasteiger partial charge on any atom is 0.142 e. The molecule has 0 bridgehead atoms. The Balaban J connectivity index is 0.00000196. The van der Waals surface area contributed by atoms with Crippen molar-refractivity contribution < 1.29 is 14.4 Å². The summed E-state index contributed by atoms with van der Waals surface area (Å²) < 4.78 is 11.0. The molecular formula is C9H14ClNO3S. The standard InChI is InChI=1S/C9H13NO3S.ClH/c1-6-9(12)8(4-11)7(3-10-6)5-14(2)13;/h3,11-12H,4-5H2,1-2H3;1H. The molecule has 0 aromatic carbocycles. The minimum absolute atomic E-state index is 0. The molecule has 1 atom stereocenters. The Morgan fingerprint density at radius 1 is 1.53 bits per heavy atom.